The number of aliphatic imine (C=N–C) groups is 1. The van der Waals surface area contributed by atoms with Gasteiger partial charge in [-0.15, -0.1) is 11.3 Å². The predicted octanol–water partition coefficient (Wildman–Crippen LogP) is 3.76. The summed E-state index contributed by atoms with van der Waals surface area (Å²) in [6.45, 7) is 0. The van der Waals surface area contributed by atoms with E-state index in [0.717, 1.165) is 12.3 Å². The lowest BCUT2D eigenvalue weighted by Gasteiger charge is -2.22. The fourth-order valence-electron chi connectivity index (χ4n) is 2.53. The fraction of sp³-hybridized carbons (Fsp3) is 0.643. The van der Waals surface area contributed by atoms with Crippen molar-refractivity contribution < 1.29 is 0 Å². The first-order chi connectivity index (χ1) is 8.43. The molecule has 1 aromatic heterocycles. The second-order valence-corrected chi connectivity index (χ2v) is 6.11. The summed E-state index contributed by atoms with van der Waals surface area (Å²) in [5.74, 6) is 0.854. The molecule has 0 saturated heterocycles. The third kappa shape index (κ3) is 2.96. The van der Waals surface area contributed by atoms with Crippen LogP contribution in [0.25, 0.3) is 0 Å². The molecular formula is C14H20N2S. The van der Waals surface area contributed by atoms with Crippen molar-refractivity contribution >= 4 is 17.6 Å². The lowest BCUT2D eigenvalue weighted by molar-refractivity contribution is 0.395. The van der Waals surface area contributed by atoms with E-state index in [-0.39, 0.29) is 0 Å². The Morgan fingerprint density at radius 2 is 2.24 bits per heavy atom. The van der Waals surface area contributed by atoms with E-state index in [1.165, 1.54) is 37.0 Å². The molecule has 3 rings (SSSR count). The first-order valence-corrected chi connectivity index (χ1v) is 7.62. The van der Waals surface area contributed by atoms with Crippen LogP contribution in [-0.2, 0) is 0 Å². The second-order valence-electron chi connectivity index (χ2n) is 5.13. The van der Waals surface area contributed by atoms with Crippen LogP contribution >= 0.6 is 11.3 Å². The smallest absolute Gasteiger partial charge is 0.0995 e. The molecular weight excluding hydrogens is 228 g/mol. The summed E-state index contributed by atoms with van der Waals surface area (Å²) in [5, 5.41) is 5.96. The summed E-state index contributed by atoms with van der Waals surface area (Å²) in [6.07, 6.45) is 10.2. The van der Waals surface area contributed by atoms with Crippen LogP contribution in [0.15, 0.2) is 22.5 Å². The Hall–Kier alpha value is -0.670. The average Bonchev–Trinajstić information content (AvgIpc) is 3.09. The van der Waals surface area contributed by atoms with Crippen molar-refractivity contribution in [2.75, 3.05) is 0 Å². The number of hydrogen-bond acceptors (Lipinski definition) is 3. The average molecular weight is 248 g/mol. The highest BCUT2D eigenvalue weighted by Crippen LogP contribution is 2.42. The van der Waals surface area contributed by atoms with Gasteiger partial charge in [-0.05, 0) is 55.9 Å². The Bertz CT molecular complexity index is 368. The summed E-state index contributed by atoms with van der Waals surface area (Å²) in [4.78, 5) is 6.14. The lowest BCUT2D eigenvalue weighted by atomic mass is 10.1. The van der Waals surface area contributed by atoms with Crippen molar-refractivity contribution in [2.45, 2.75) is 50.7 Å². The maximum Gasteiger partial charge on any atom is 0.0995 e. The number of thiophene rings is 1. The highest BCUT2D eigenvalue weighted by molar-refractivity contribution is 7.10. The largest absolute Gasteiger partial charge is 0.288 e. The first-order valence-electron chi connectivity index (χ1n) is 6.74. The standard InChI is InChI=1S/C14H20N2S/c1-2-6-13(15-9-3-1)16-14(11-7-8-11)12-5-4-10-17-12/h4-5,9-11,13-14,16H,1-3,6-8H2. The van der Waals surface area contributed by atoms with Crippen LogP contribution in [0, 0.1) is 5.92 Å². The van der Waals surface area contributed by atoms with E-state index in [9.17, 15) is 0 Å². The third-order valence-electron chi connectivity index (χ3n) is 3.66. The Balaban J connectivity index is 1.67. The van der Waals surface area contributed by atoms with Crippen LogP contribution in [0.5, 0.6) is 0 Å². The van der Waals surface area contributed by atoms with Gasteiger partial charge in [0.1, 0.15) is 0 Å². The van der Waals surface area contributed by atoms with Crippen LogP contribution in [-0.4, -0.2) is 12.4 Å². The topological polar surface area (TPSA) is 24.4 Å². The van der Waals surface area contributed by atoms with Crippen molar-refractivity contribution in [2.24, 2.45) is 10.9 Å². The molecule has 1 N–H and O–H groups in total. The number of rotatable bonds is 4. The predicted molar refractivity (Wildman–Crippen MR) is 73.7 cm³/mol. The van der Waals surface area contributed by atoms with Crippen molar-refractivity contribution in [3.63, 3.8) is 0 Å². The summed E-state index contributed by atoms with van der Waals surface area (Å²) < 4.78 is 0. The van der Waals surface area contributed by atoms with E-state index < -0.39 is 0 Å². The van der Waals surface area contributed by atoms with Crippen LogP contribution in [0.3, 0.4) is 0 Å². The molecule has 2 aliphatic rings. The maximum absolute atomic E-state index is 4.65. The van der Waals surface area contributed by atoms with Crippen molar-refractivity contribution in [1.29, 1.82) is 0 Å². The summed E-state index contributed by atoms with van der Waals surface area (Å²) >= 11 is 1.88. The molecule has 2 nitrogen and oxygen atoms in total. The second kappa shape index (κ2) is 5.32. The number of nitrogens with zero attached hydrogens (tertiary/aromatic N) is 1. The van der Waals surface area contributed by atoms with Gasteiger partial charge in [0, 0.05) is 17.1 Å². The molecule has 1 aliphatic carbocycles. The molecule has 1 fully saturated rings. The molecule has 0 spiro atoms. The van der Waals surface area contributed by atoms with E-state index in [1.807, 2.05) is 11.3 Å². The molecule has 0 aromatic carbocycles. The molecule has 1 aromatic rings. The SMILES string of the molecule is C1=NC(NC(c2cccs2)C2CC2)CCCC1. The molecule has 0 amide bonds. The van der Waals surface area contributed by atoms with Gasteiger partial charge in [-0.3, -0.25) is 10.3 Å². The summed E-state index contributed by atoms with van der Waals surface area (Å²) in [7, 11) is 0. The maximum atomic E-state index is 4.65. The van der Waals surface area contributed by atoms with Gasteiger partial charge in [0.15, 0.2) is 0 Å². The van der Waals surface area contributed by atoms with E-state index in [1.54, 1.807) is 0 Å². The Morgan fingerprint density at radius 3 is 3.00 bits per heavy atom. The van der Waals surface area contributed by atoms with Gasteiger partial charge in [0.25, 0.3) is 0 Å². The Kier molecular flexibility index (Phi) is 3.57. The zero-order chi connectivity index (χ0) is 11.5. The minimum atomic E-state index is 0.352. The molecule has 17 heavy (non-hydrogen) atoms. The number of nitrogens with one attached hydrogen (secondary N) is 1. The van der Waals surface area contributed by atoms with Crippen LogP contribution in [0.2, 0.25) is 0 Å². The molecule has 0 radical (unpaired) electrons. The molecule has 0 bridgehead atoms. The van der Waals surface area contributed by atoms with E-state index >= 15 is 0 Å². The summed E-state index contributed by atoms with van der Waals surface area (Å²) in [5.41, 5.74) is 0. The quantitative estimate of drug-likeness (QED) is 0.862. The van der Waals surface area contributed by atoms with Gasteiger partial charge in [-0.25, -0.2) is 0 Å². The van der Waals surface area contributed by atoms with Gasteiger partial charge >= 0.3 is 0 Å². The zero-order valence-electron chi connectivity index (χ0n) is 10.1. The minimum Gasteiger partial charge on any atom is -0.288 e. The van der Waals surface area contributed by atoms with E-state index in [2.05, 4.69) is 34.0 Å². The monoisotopic (exact) mass is 248 g/mol. The Morgan fingerprint density at radius 1 is 1.29 bits per heavy atom. The van der Waals surface area contributed by atoms with E-state index in [0.29, 0.717) is 12.2 Å². The fourth-order valence-corrected chi connectivity index (χ4v) is 3.41. The first kappa shape index (κ1) is 11.4. The number of hydrogen-bond donors (Lipinski definition) is 1. The van der Waals surface area contributed by atoms with Crippen LogP contribution < -0.4 is 5.32 Å². The summed E-state index contributed by atoms with van der Waals surface area (Å²) in [6, 6.07) is 4.98. The van der Waals surface area contributed by atoms with Gasteiger partial charge in [0.2, 0.25) is 0 Å². The van der Waals surface area contributed by atoms with Gasteiger partial charge in [-0.2, -0.15) is 0 Å². The van der Waals surface area contributed by atoms with Gasteiger partial charge < -0.3 is 0 Å². The van der Waals surface area contributed by atoms with Crippen LogP contribution in [0.4, 0.5) is 0 Å². The normalized spacial score (nSPS) is 26.7. The van der Waals surface area contributed by atoms with Gasteiger partial charge in [0.05, 0.1) is 6.17 Å². The third-order valence-corrected chi connectivity index (χ3v) is 4.62. The molecule has 3 heteroatoms. The Labute approximate surface area is 107 Å². The molecule has 92 valence electrons. The molecule has 2 unspecified atom stereocenters. The molecule has 2 heterocycles. The molecule has 1 saturated carbocycles. The molecule has 2 atom stereocenters. The highest BCUT2D eigenvalue weighted by atomic mass is 32.1. The minimum absolute atomic E-state index is 0.352. The van der Waals surface area contributed by atoms with E-state index in [4.69, 9.17) is 0 Å². The van der Waals surface area contributed by atoms with Crippen molar-refractivity contribution in [3.05, 3.63) is 22.4 Å². The van der Waals surface area contributed by atoms with Crippen molar-refractivity contribution in [1.82, 2.24) is 5.32 Å². The van der Waals surface area contributed by atoms with Crippen molar-refractivity contribution in [3.8, 4) is 0 Å². The zero-order valence-corrected chi connectivity index (χ0v) is 11.0. The van der Waals surface area contributed by atoms with Crippen LogP contribution in [0.1, 0.15) is 49.4 Å². The molecule has 1 aliphatic heterocycles. The highest BCUT2D eigenvalue weighted by Gasteiger charge is 2.34. The van der Waals surface area contributed by atoms with Gasteiger partial charge in [-0.1, -0.05) is 6.07 Å². The lowest BCUT2D eigenvalue weighted by Crippen LogP contribution is -2.32.